The summed E-state index contributed by atoms with van der Waals surface area (Å²) in [6.07, 6.45) is 0.772. The van der Waals surface area contributed by atoms with Gasteiger partial charge in [0.15, 0.2) is 0 Å². The van der Waals surface area contributed by atoms with Crippen LogP contribution in [0.2, 0.25) is 0 Å². The van der Waals surface area contributed by atoms with Crippen LogP contribution < -0.4 is 10.5 Å². The van der Waals surface area contributed by atoms with Gasteiger partial charge in [-0.25, -0.2) is 0 Å². The summed E-state index contributed by atoms with van der Waals surface area (Å²) in [5.41, 5.74) is 6.27. The van der Waals surface area contributed by atoms with Crippen molar-refractivity contribution in [1.29, 1.82) is 10.5 Å². The third kappa shape index (κ3) is 5.20. The fourth-order valence-electron chi connectivity index (χ4n) is 1.46. The Morgan fingerprint density at radius 3 is 2.28 bits per heavy atom. The van der Waals surface area contributed by atoms with Crippen molar-refractivity contribution in [2.24, 2.45) is 0 Å². The van der Waals surface area contributed by atoms with Crippen molar-refractivity contribution in [2.75, 3.05) is 32.0 Å². The summed E-state index contributed by atoms with van der Waals surface area (Å²) in [4.78, 5) is 1.78. The zero-order valence-corrected chi connectivity index (χ0v) is 10.2. The SMILES string of the molecule is N#CCN(CC#N)CCCOc1ccc(N)cc1. The molecule has 0 bridgehead atoms. The van der Waals surface area contributed by atoms with Crippen LogP contribution in [0.4, 0.5) is 5.69 Å². The number of anilines is 1. The Morgan fingerprint density at radius 1 is 1.11 bits per heavy atom. The number of benzene rings is 1. The summed E-state index contributed by atoms with van der Waals surface area (Å²) >= 11 is 0. The molecule has 0 aromatic heterocycles. The first kappa shape index (κ1) is 13.8. The number of nitriles is 2. The monoisotopic (exact) mass is 244 g/mol. The van der Waals surface area contributed by atoms with Crippen molar-refractivity contribution in [2.45, 2.75) is 6.42 Å². The van der Waals surface area contributed by atoms with Gasteiger partial charge < -0.3 is 10.5 Å². The van der Waals surface area contributed by atoms with Crippen LogP contribution in [0.1, 0.15) is 6.42 Å². The highest BCUT2D eigenvalue weighted by Crippen LogP contribution is 2.13. The predicted octanol–water partition coefficient (Wildman–Crippen LogP) is 1.39. The topological polar surface area (TPSA) is 86.1 Å². The van der Waals surface area contributed by atoms with Gasteiger partial charge in [-0.15, -0.1) is 0 Å². The maximum absolute atomic E-state index is 8.58. The highest BCUT2D eigenvalue weighted by molar-refractivity contribution is 5.41. The van der Waals surface area contributed by atoms with Crippen LogP contribution in [0.25, 0.3) is 0 Å². The van der Waals surface area contributed by atoms with E-state index >= 15 is 0 Å². The van der Waals surface area contributed by atoms with Crippen LogP contribution in [-0.2, 0) is 0 Å². The van der Waals surface area contributed by atoms with Gasteiger partial charge in [0.25, 0.3) is 0 Å². The standard InChI is InChI=1S/C13H16N4O/c14-6-9-17(10-7-15)8-1-11-18-13-4-2-12(16)3-5-13/h2-5H,1,8-11,16H2. The summed E-state index contributed by atoms with van der Waals surface area (Å²) in [6.45, 7) is 1.78. The van der Waals surface area contributed by atoms with Gasteiger partial charge in [-0.2, -0.15) is 10.5 Å². The molecular weight excluding hydrogens is 228 g/mol. The van der Waals surface area contributed by atoms with Crippen molar-refractivity contribution in [3.8, 4) is 17.9 Å². The molecule has 1 aromatic rings. The van der Waals surface area contributed by atoms with Crippen LogP contribution in [0, 0.1) is 22.7 Å². The van der Waals surface area contributed by atoms with Crippen LogP contribution in [0.5, 0.6) is 5.75 Å². The summed E-state index contributed by atoms with van der Waals surface area (Å²) in [5.74, 6) is 0.774. The van der Waals surface area contributed by atoms with Gasteiger partial charge >= 0.3 is 0 Å². The fraction of sp³-hybridized carbons (Fsp3) is 0.385. The number of nitrogen functional groups attached to an aromatic ring is 1. The Hall–Kier alpha value is -2.24. The molecule has 0 fully saturated rings. The number of rotatable bonds is 7. The molecule has 1 aromatic carbocycles. The van der Waals surface area contributed by atoms with Gasteiger partial charge in [0.2, 0.25) is 0 Å². The Balaban J connectivity index is 2.23. The molecule has 2 N–H and O–H groups in total. The largest absolute Gasteiger partial charge is 0.494 e. The molecule has 0 amide bonds. The van der Waals surface area contributed by atoms with Crippen molar-refractivity contribution < 1.29 is 4.74 Å². The van der Waals surface area contributed by atoms with Gasteiger partial charge in [0, 0.05) is 12.2 Å². The minimum Gasteiger partial charge on any atom is -0.494 e. The highest BCUT2D eigenvalue weighted by Gasteiger charge is 2.03. The molecule has 1 rings (SSSR count). The molecule has 0 aliphatic rings. The maximum atomic E-state index is 8.58. The highest BCUT2D eigenvalue weighted by atomic mass is 16.5. The first-order valence-corrected chi connectivity index (χ1v) is 5.71. The van der Waals surface area contributed by atoms with Crippen molar-refractivity contribution in [3.05, 3.63) is 24.3 Å². The number of hydrogen-bond acceptors (Lipinski definition) is 5. The summed E-state index contributed by atoms with van der Waals surface area (Å²) in [5, 5.41) is 17.2. The van der Waals surface area contributed by atoms with Gasteiger partial charge in [-0.3, -0.25) is 4.90 Å². The van der Waals surface area contributed by atoms with Crippen molar-refractivity contribution >= 4 is 5.69 Å². The first-order valence-electron chi connectivity index (χ1n) is 5.71. The second-order valence-corrected chi connectivity index (χ2v) is 3.80. The lowest BCUT2D eigenvalue weighted by atomic mass is 10.3. The van der Waals surface area contributed by atoms with Gasteiger partial charge in [0.1, 0.15) is 5.75 Å². The predicted molar refractivity (Wildman–Crippen MR) is 68.6 cm³/mol. The third-order valence-corrected chi connectivity index (χ3v) is 2.36. The summed E-state index contributed by atoms with van der Waals surface area (Å²) < 4.78 is 5.52. The zero-order valence-electron chi connectivity index (χ0n) is 10.2. The number of ether oxygens (including phenoxy) is 1. The molecule has 0 heterocycles. The number of nitrogens with zero attached hydrogens (tertiary/aromatic N) is 3. The van der Waals surface area contributed by atoms with Gasteiger partial charge in [0.05, 0.1) is 31.8 Å². The minimum absolute atomic E-state index is 0.273. The van der Waals surface area contributed by atoms with Crippen molar-refractivity contribution in [3.63, 3.8) is 0 Å². The Bertz CT molecular complexity index is 414. The Morgan fingerprint density at radius 2 is 1.72 bits per heavy atom. The minimum atomic E-state index is 0.273. The normalized spacial score (nSPS) is 9.72. The van der Waals surface area contributed by atoms with E-state index in [1.165, 1.54) is 0 Å². The lowest BCUT2D eigenvalue weighted by Crippen LogP contribution is -2.26. The molecule has 0 atom stereocenters. The fourth-order valence-corrected chi connectivity index (χ4v) is 1.46. The van der Waals surface area contributed by atoms with Crippen LogP contribution in [0.3, 0.4) is 0 Å². The van der Waals surface area contributed by atoms with Crippen molar-refractivity contribution in [1.82, 2.24) is 4.90 Å². The van der Waals surface area contributed by atoms with E-state index < -0.39 is 0 Å². The second-order valence-electron chi connectivity index (χ2n) is 3.80. The molecule has 0 unspecified atom stereocenters. The molecule has 0 radical (unpaired) electrons. The van der Waals surface area contributed by atoms with Crippen LogP contribution in [-0.4, -0.2) is 31.1 Å². The van der Waals surface area contributed by atoms with E-state index in [1.54, 1.807) is 17.0 Å². The van der Waals surface area contributed by atoms with E-state index in [0.717, 1.165) is 12.2 Å². The van der Waals surface area contributed by atoms with E-state index in [0.29, 0.717) is 18.8 Å². The molecule has 0 aliphatic carbocycles. The van der Waals surface area contributed by atoms with Gasteiger partial charge in [-0.05, 0) is 30.7 Å². The van der Waals surface area contributed by atoms with E-state index in [4.69, 9.17) is 21.0 Å². The van der Waals surface area contributed by atoms with E-state index in [-0.39, 0.29) is 13.1 Å². The summed E-state index contributed by atoms with van der Waals surface area (Å²) in [6, 6.07) is 11.3. The lowest BCUT2D eigenvalue weighted by Gasteiger charge is -2.15. The van der Waals surface area contributed by atoms with Crippen LogP contribution >= 0.6 is 0 Å². The molecular formula is C13H16N4O. The van der Waals surface area contributed by atoms with Crippen LogP contribution in [0.15, 0.2) is 24.3 Å². The smallest absolute Gasteiger partial charge is 0.119 e. The summed E-state index contributed by atoms with van der Waals surface area (Å²) in [7, 11) is 0. The molecule has 0 saturated heterocycles. The quantitative estimate of drug-likeness (QED) is 0.445. The molecule has 0 spiro atoms. The Kier molecular flexibility index (Phi) is 6.10. The molecule has 94 valence electrons. The third-order valence-electron chi connectivity index (χ3n) is 2.36. The zero-order chi connectivity index (χ0) is 13.2. The number of hydrogen-bond donors (Lipinski definition) is 1. The maximum Gasteiger partial charge on any atom is 0.119 e. The average Bonchev–Trinajstić information content (AvgIpc) is 2.37. The van der Waals surface area contributed by atoms with Gasteiger partial charge in [-0.1, -0.05) is 0 Å². The number of nitrogens with two attached hydrogens (primary N) is 1. The molecule has 0 saturated carbocycles. The van der Waals surface area contributed by atoms with E-state index in [1.807, 2.05) is 24.3 Å². The molecule has 0 aliphatic heterocycles. The van der Waals surface area contributed by atoms with E-state index in [2.05, 4.69) is 0 Å². The molecule has 5 nitrogen and oxygen atoms in total. The first-order chi connectivity index (χ1) is 8.76. The Labute approximate surface area is 107 Å². The molecule has 18 heavy (non-hydrogen) atoms. The second kappa shape index (κ2) is 7.94. The molecule has 5 heteroatoms. The van der Waals surface area contributed by atoms with E-state index in [9.17, 15) is 0 Å². The lowest BCUT2D eigenvalue weighted by molar-refractivity contribution is 0.264. The average molecular weight is 244 g/mol.